The number of aliphatic carboxylic acids is 1. The van der Waals surface area contributed by atoms with Gasteiger partial charge in [0.15, 0.2) is 0 Å². The van der Waals surface area contributed by atoms with Crippen LogP contribution in [-0.2, 0) is 9.53 Å². The highest BCUT2D eigenvalue weighted by atomic mass is 16.5. The summed E-state index contributed by atoms with van der Waals surface area (Å²) in [6.45, 7) is 1.20. The topological polar surface area (TPSA) is 101 Å². The lowest BCUT2D eigenvalue weighted by molar-refractivity contribution is -0.144. The fourth-order valence-corrected chi connectivity index (χ4v) is 3.19. The molecule has 1 aliphatic rings. The number of carbonyl (C=O) groups is 2. The second-order valence-corrected chi connectivity index (χ2v) is 6.26. The minimum atomic E-state index is -0.898. The number of hydrogen-bond acceptors (Lipinski definition) is 5. The molecule has 0 radical (unpaired) electrons. The van der Waals surface area contributed by atoms with Crippen LogP contribution >= 0.6 is 0 Å². The number of hydrogen-bond donors (Lipinski definition) is 2. The minimum absolute atomic E-state index is 0.00201. The summed E-state index contributed by atoms with van der Waals surface area (Å²) < 4.78 is 5.29. The van der Waals surface area contributed by atoms with E-state index in [1.807, 2.05) is 30.3 Å². The summed E-state index contributed by atoms with van der Waals surface area (Å²) in [6.07, 6.45) is 4.23. The van der Waals surface area contributed by atoms with Crippen molar-refractivity contribution < 1.29 is 19.4 Å². The molecule has 2 aromatic rings. The van der Waals surface area contributed by atoms with E-state index in [-0.39, 0.29) is 18.4 Å². The van der Waals surface area contributed by atoms with Crippen molar-refractivity contribution in [2.45, 2.75) is 12.8 Å². The first-order valence-electron chi connectivity index (χ1n) is 8.61. The summed E-state index contributed by atoms with van der Waals surface area (Å²) in [6, 6.07) is 9.34. The molecule has 1 amide bonds. The molecule has 1 aromatic carbocycles. The zero-order valence-corrected chi connectivity index (χ0v) is 14.3. The van der Waals surface area contributed by atoms with Crippen molar-refractivity contribution in [3.05, 3.63) is 48.4 Å². The Morgan fingerprint density at radius 1 is 1.23 bits per heavy atom. The van der Waals surface area contributed by atoms with E-state index in [0.717, 1.165) is 5.56 Å². The van der Waals surface area contributed by atoms with Crippen LogP contribution < -0.4 is 5.32 Å². The van der Waals surface area contributed by atoms with E-state index >= 15 is 0 Å². The van der Waals surface area contributed by atoms with E-state index in [1.165, 1.54) is 12.5 Å². The molecule has 26 heavy (non-hydrogen) atoms. The number of benzene rings is 1. The fourth-order valence-electron chi connectivity index (χ4n) is 3.19. The van der Waals surface area contributed by atoms with Crippen molar-refractivity contribution in [3.8, 4) is 11.3 Å². The number of nitrogens with one attached hydrogen (secondary N) is 1. The van der Waals surface area contributed by atoms with E-state index < -0.39 is 11.9 Å². The summed E-state index contributed by atoms with van der Waals surface area (Å²) in [7, 11) is 0. The van der Waals surface area contributed by atoms with Crippen LogP contribution in [0.1, 0.15) is 23.2 Å². The van der Waals surface area contributed by atoms with Gasteiger partial charge < -0.3 is 15.2 Å². The Hall–Kier alpha value is -2.80. The van der Waals surface area contributed by atoms with Crippen LogP contribution in [0.2, 0.25) is 0 Å². The number of nitrogens with zero attached hydrogens (tertiary/aromatic N) is 2. The predicted octanol–water partition coefficient (Wildman–Crippen LogP) is 2.00. The molecule has 7 nitrogen and oxygen atoms in total. The third-order valence-electron chi connectivity index (χ3n) is 4.64. The van der Waals surface area contributed by atoms with Crippen LogP contribution in [0.25, 0.3) is 11.3 Å². The number of ether oxygens (including phenoxy) is 1. The Morgan fingerprint density at radius 3 is 2.65 bits per heavy atom. The van der Waals surface area contributed by atoms with Gasteiger partial charge >= 0.3 is 5.97 Å². The van der Waals surface area contributed by atoms with E-state index in [2.05, 4.69) is 15.3 Å². The van der Waals surface area contributed by atoms with E-state index in [9.17, 15) is 14.7 Å². The highest BCUT2D eigenvalue weighted by Crippen LogP contribution is 2.24. The molecule has 2 N–H and O–H groups in total. The Balaban J connectivity index is 1.73. The average Bonchev–Trinajstić information content (AvgIpc) is 2.69. The largest absolute Gasteiger partial charge is 0.481 e. The summed E-state index contributed by atoms with van der Waals surface area (Å²) in [5.41, 5.74) is 1.66. The van der Waals surface area contributed by atoms with Crippen molar-refractivity contribution >= 4 is 11.9 Å². The first-order chi connectivity index (χ1) is 12.7. The summed E-state index contributed by atoms with van der Waals surface area (Å²) in [5.74, 6) is -1.90. The van der Waals surface area contributed by atoms with Gasteiger partial charge in [-0.1, -0.05) is 30.3 Å². The van der Waals surface area contributed by atoms with E-state index in [4.69, 9.17) is 4.74 Å². The number of carboxylic acids is 1. The maximum absolute atomic E-state index is 12.6. The highest BCUT2D eigenvalue weighted by Gasteiger charge is 2.30. The van der Waals surface area contributed by atoms with Gasteiger partial charge in [0.05, 0.1) is 17.2 Å². The van der Waals surface area contributed by atoms with Crippen molar-refractivity contribution in [1.29, 1.82) is 0 Å². The normalized spacial score (nSPS) is 16.0. The smallest absolute Gasteiger partial charge is 0.308 e. The molecular formula is C19H21N3O4. The number of amides is 1. The number of carbonyl (C=O) groups excluding carboxylic acids is 1. The lowest BCUT2D eigenvalue weighted by Crippen LogP contribution is -2.39. The Bertz CT molecular complexity index is 760. The van der Waals surface area contributed by atoms with Gasteiger partial charge in [-0.3, -0.25) is 9.59 Å². The van der Waals surface area contributed by atoms with Crippen molar-refractivity contribution in [2.24, 2.45) is 11.8 Å². The molecule has 136 valence electrons. The van der Waals surface area contributed by atoms with Gasteiger partial charge in [-0.05, 0) is 18.8 Å². The van der Waals surface area contributed by atoms with E-state index in [0.29, 0.717) is 37.3 Å². The number of aromatic nitrogens is 2. The monoisotopic (exact) mass is 355 g/mol. The molecule has 7 heteroatoms. The highest BCUT2D eigenvalue weighted by molar-refractivity contribution is 5.99. The first-order valence-corrected chi connectivity index (χ1v) is 8.61. The molecule has 0 aliphatic carbocycles. The first kappa shape index (κ1) is 18.0. The maximum atomic E-state index is 12.6. The Kier molecular flexibility index (Phi) is 5.91. The van der Waals surface area contributed by atoms with Gasteiger partial charge in [0.25, 0.3) is 5.91 Å². The van der Waals surface area contributed by atoms with Crippen LogP contribution in [-0.4, -0.2) is 46.7 Å². The van der Waals surface area contributed by atoms with Crippen molar-refractivity contribution in [3.63, 3.8) is 0 Å². The zero-order valence-electron chi connectivity index (χ0n) is 14.3. The summed E-state index contributed by atoms with van der Waals surface area (Å²) >= 11 is 0. The van der Waals surface area contributed by atoms with Crippen molar-refractivity contribution in [1.82, 2.24) is 15.3 Å². The standard InChI is InChI=1S/C19H21N3O4/c23-18(21-11-15(19(24)25)13-6-8-26-9-7-13)16-10-20-12-22-17(16)14-4-2-1-3-5-14/h1-5,10,12-13,15H,6-9,11H2,(H,21,23)(H,24,25). The minimum Gasteiger partial charge on any atom is -0.481 e. The third kappa shape index (κ3) is 4.23. The second kappa shape index (κ2) is 8.53. The molecule has 0 saturated carbocycles. The average molecular weight is 355 g/mol. The molecule has 1 aliphatic heterocycles. The van der Waals surface area contributed by atoms with Crippen LogP contribution in [0.4, 0.5) is 0 Å². The molecule has 1 saturated heterocycles. The molecule has 1 fully saturated rings. The molecule has 0 spiro atoms. The molecule has 1 aromatic heterocycles. The molecule has 1 atom stereocenters. The molecule has 1 unspecified atom stereocenters. The number of rotatable bonds is 6. The Labute approximate surface area is 151 Å². The van der Waals surface area contributed by atoms with Gasteiger partial charge in [-0.15, -0.1) is 0 Å². The fraction of sp³-hybridized carbons (Fsp3) is 0.368. The van der Waals surface area contributed by atoms with Crippen LogP contribution in [0.5, 0.6) is 0 Å². The van der Waals surface area contributed by atoms with Crippen molar-refractivity contribution in [2.75, 3.05) is 19.8 Å². The van der Waals surface area contributed by atoms with Gasteiger partial charge in [-0.2, -0.15) is 0 Å². The predicted molar refractivity (Wildman–Crippen MR) is 94.5 cm³/mol. The van der Waals surface area contributed by atoms with E-state index in [1.54, 1.807) is 0 Å². The second-order valence-electron chi connectivity index (χ2n) is 6.26. The van der Waals surface area contributed by atoms with Crippen LogP contribution in [0.3, 0.4) is 0 Å². The molecule has 2 heterocycles. The van der Waals surface area contributed by atoms with Gasteiger partial charge in [0.1, 0.15) is 6.33 Å². The lowest BCUT2D eigenvalue weighted by atomic mass is 9.86. The van der Waals surface area contributed by atoms with Gasteiger partial charge in [0, 0.05) is 31.5 Å². The van der Waals surface area contributed by atoms with Crippen LogP contribution in [0, 0.1) is 11.8 Å². The summed E-state index contributed by atoms with van der Waals surface area (Å²) in [5, 5.41) is 12.3. The Morgan fingerprint density at radius 2 is 1.96 bits per heavy atom. The number of carboxylic acid groups (broad SMARTS) is 1. The van der Waals surface area contributed by atoms with Gasteiger partial charge in [-0.25, -0.2) is 9.97 Å². The summed E-state index contributed by atoms with van der Waals surface area (Å²) in [4.78, 5) is 32.4. The quantitative estimate of drug-likeness (QED) is 0.822. The molecular weight excluding hydrogens is 334 g/mol. The SMILES string of the molecule is O=C(NCC(C(=O)O)C1CCOCC1)c1cncnc1-c1ccccc1. The van der Waals surface area contributed by atoms with Gasteiger partial charge in [0.2, 0.25) is 0 Å². The molecule has 0 bridgehead atoms. The molecule has 3 rings (SSSR count). The maximum Gasteiger partial charge on any atom is 0.308 e. The third-order valence-corrected chi connectivity index (χ3v) is 4.64. The zero-order chi connectivity index (χ0) is 18.4. The van der Waals surface area contributed by atoms with Crippen LogP contribution in [0.15, 0.2) is 42.9 Å². The lowest BCUT2D eigenvalue weighted by Gasteiger charge is -2.27.